The minimum Gasteiger partial charge on any atom is -0.326 e. The summed E-state index contributed by atoms with van der Waals surface area (Å²) in [5.41, 5.74) is 4.43. The first-order valence-corrected chi connectivity index (χ1v) is 8.29. The van der Waals surface area contributed by atoms with Gasteiger partial charge in [0, 0.05) is 17.1 Å². The lowest BCUT2D eigenvalue weighted by Crippen LogP contribution is -2.13. The molecule has 0 fully saturated rings. The van der Waals surface area contributed by atoms with E-state index < -0.39 is 0 Å². The zero-order chi connectivity index (χ0) is 17.0. The minimum atomic E-state index is 0.00950. The Kier molecular flexibility index (Phi) is 5.48. The standard InChI is InChI=1S/C20H24ClNO/c1-14-5-11-17(21)13-18(14)22-19(23)12-8-15-6-9-16(10-7-15)20(2,3)4/h5-7,9-11,13H,8,12H2,1-4H3,(H,22,23). The van der Waals surface area contributed by atoms with Crippen LogP contribution in [0, 0.1) is 6.92 Å². The predicted molar refractivity (Wildman–Crippen MR) is 98.3 cm³/mol. The number of halogens is 1. The van der Waals surface area contributed by atoms with Crippen molar-refractivity contribution in [3.63, 3.8) is 0 Å². The first kappa shape index (κ1) is 17.6. The molecule has 0 aliphatic carbocycles. The molecule has 2 rings (SSSR count). The molecule has 2 nitrogen and oxygen atoms in total. The van der Waals surface area contributed by atoms with E-state index in [1.165, 1.54) is 11.1 Å². The van der Waals surface area contributed by atoms with E-state index in [0.29, 0.717) is 11.4 Å². The van der Waals surface area contributed by atoms with Crippen molar-refractivity contribution in [3.8, 4) is 0 Å². The Morgan fingerprint density at radius 2 is 1.74 bits per heavy atom. The van der Waals surface area contributed by atoms with Crippen molar-refractivity contribution in [2.75, 3.05) is 5.32 Å². The minimum absolute atomic E-state index is 0.00950. The summed E-state index contributed by atoms with van der Waals surface area (Å²) in [6.45, 7) is 8.55. The second-order valence-corrected chi connectivity index (χ2v) is 7.39. The molecule has 0 spiro atoms. The number of aryl methyl sites for hydroxylation is 2. The molecule has 0 bridgehead atoms. The molecule has 23 heavy (non-hydrogen) atoms. The van der Waals surface area contributed by atoms with Crippen LogP contribution in [0.3, 0.4) is 0 Å². The average Bonchev–Trinajstić information content (AvgIpc) is 2.48. The number of benzene rings is 2. The number of hydrogen-bond donors (Lipinski definition) is 1. The van der Waals surface area contributed by atoms with Crippen LogP contribution < -0.4 is 5.32 Å². The van der Waals surface area contributed by atoms with Gasteiger partial charge in [0.2, 0.25) is 5.91 Å². The van der Waals surface area contributed by atoms with Crippen LogP contribution in [0.2, 0.25) is 5.02 Å². The molecule has 122 valence electrons. The van der Waals surface area contributed by atoms with Gasteiger partial charge in [-0.3, -0.25) is 4.79 Å². The van der Waals surface area contributed by atoms with E-state index in [9.17, 15) is 4.79 Å². The fraction of sp³-hybridized carbons (Fsp3) is 0.350. The second-order valence-electron chi connectivity index (χ2n) is 6.95. The molecule has 3 heteroatoms. The molecule has 0 saturated heterocycles. The smallest absolute Gasteiger partial charge is 0.224 e. The lowest BCUT2D eigenvalue weighted by atomic mass is 9.86. The molecule has 0 aliphatic heterocycles. The van der Waals surface area contributed by atoms with Gasteiger partial charge in [0.1, 0.15) is 0 Å². The van der Waals surface area contributed by atoms with Crippen molar-refractivity contribution in [2.24, 2.45) is 0 Å². The van der Waals surface area contributed by atoms with Crippen molar-refractivity contribution < 1.29 is 4.79 Å². The Labute approximate surface area is 143 Å². The summed E-state index contributed by atoms with van der Waals surface area (Å²) in [6.07, 6.45) is 1.19. The number of rotatable bonds is 4. The van der Waals surface area contributed by atoms with Gasteiger partial charge in [-0.05, 0) is 47.6 Å². The van der Waals surface area contributed by atoms with E-state index in [1.807, 2.05) is 19.1 Å². The van der Waals surface area contributed by atoms with Crippen LogP contribution in [0.5, 0.6) is 0 Å². The van der Waals surface area contributed by atoms with E-state index in [-0.39, 0.29) is 11.3 Å². The maximum absolute atomic E-state index is 12.1. The van der Waals surface area contributed by atoms with Gasteiger partial charge in [-0.15, -0.1) is 0 Å². The zero-order valence-electron chi connectivity index (χ0n) is 14.2. The van der Waals surface area contributed by atoms with Gasteiger partial charge in [0.25, 0.3) is 0 Å². The van der Waals surface area contributed by atoms with Crippen molar-refractivity contribution in [3.05, 3.63) is 64.2 Å². The van der Waals surface area contributed by atoms with Gasteiger partial charge in [-0.1, -0.05) is 62.7 Å². The fourth-order valence-electron chi connectivity index (χ4n) is 2.37. The van der Waals surface area contributed by atoms with Crippen LogP contribution >= 0.6 is 11.6 Å². The van der Waals surface area contributed by atoms with E-state index in [0.717, 1.165) is 17.7 Å². The Morgan fingerprint density at radius 3 is 2.35 bits per heavy atom. The molecule has 0 atom stereocenters. The highest BCUT2D eigenvalue weighted by atomic mass is 35.5. The van der Waals surface area contributed by atoms with E-state index >= 15 is 0 Å². The molecule has 0 aromatic heterocycles. The molecule has 0 aliphatic rings. The summed E-state index contributed by atoms with van der Waals surface area (Å²) >= 11 is 5.97. The predicted octanol–water partition coefficient (Wildman–Crippen LogP) is 5.52. The molecule has 2 aromatic carbocycles. The van der Waals surface area contributed by atoms with Crippen molar-refractivity contribution in [1.82, 2.24) is 0 Å². The van der Waals surface area contributed by atoms with Gasteiger partial charge in [0.05, 0.1) is 0 Å². The van der Waals surface area contributed by atoms with Crippen molar-refractivity contribution in [2.45, 2.75) is 46.0 Å². The summed E-state index contributed by atoms with van der Waals surface area (Å²) in [5, 5.41) is 3.56. The summed E-state index contributed by atoms with van der Waals surface area (Å²) in [5.74, 6) is 0.00950. The van der Waals surface area contributed by atoms with Crippen LogP contribution in [-0.2, 0) is 16.6 Å². The zero-order valence-corrected chi connectivity index (χ0v) is 15.0. The largest absolute Gasteiger partial charge is 0.326 e. The molecule has 0 radical (unpaired) electrons. The number of nitrogens with one attached hydrogen (secondary N) is 1. The second kappa shape index (κ2) is 7.18. The molecular formula is C20H24ClNO. The van der Waals surface area contributed by atoms with Gasteiger partial charge >= 0.3 is 0 Å². The lowest BCUT2D eigenvalue weighted by molar-refractivity contribution is -0.116. The molecule has 1 N–H and O–H groups in total. The van der Waals surface area contributed by atoms with Gasteiger partial charge in [-0.2, -0.15) is 0 Å². The van der Waals surface area contributed by atoms with Gasteiger partial charge in [0.15, 0.2) is 0 Å². The van der Waals surface area contributed by atoms with Crippen molar-refractivity contribution >= 4 is 23.2 Å². The highest BCUT2D eigenvalue weighted by Gasteiger charge is 2.13. The van der Waals surface area contributed by atoms with Crippen LogP contribution in [-0.4, -0.2) is 5.91 Å². The van der Waals surface area contributed by atoms with Gasteiger partial charge in [-0.25, -0.2) is 0 Å². The van der Waals surface area contributed by atoms with E-state index in [4.69, 9.17) is 11.6 Å². The quantitative estimate of drug-likeness (QED) is 0.786. The topological polar surface area (TPSA) is 29.1 Å². The number of carbonyl (C=O) groups excluding carboxylic acids is 1. The average molecular weight is 330 g/mol. The third-order valence-electron chi connectivity index (χ3n) is 3.93. The molecule has 2 aromatic rings. The Morgan fingerprint density at radius 1 is 1.09 bits per heavy atom. The highest BCUT2D eigenvalue weighted by Crippen LogP contribution is 2.23. The maximum Gasteiger partial charge on any atom is 0.224 e. The summed E-state index contributed by atoms with van der Waals surface area (Å²) in [4.78, 5) is 12.1. The lowest BCUT2D eigenvalue weighted by Gasteiger charge is -2.19. The SMILES string of the molecule is Cc1ccc(Cl)cc1NC(=O)CCc1ccc(C(C)(C)C)cc1. The Bertz CT molecular complexity index is 684. The van der Waals surface area contributed by atoms with Crippen LogP contribution in [0.4, 0.5) is 5.69 Å². The number of hydrogen-bond acceptors (Lipinski definition) is 1. The maximum atomic E-state index is 12.1. The molecule has 1 amide bonds. The molecule has 0 saturated carbocycles. The van der Waals surface area contributed by atoms with Crippen LogP contribution in [0.15, 0.2) is 42.5 Å². The number of carbonyl (C=O) groups is 1. The first-order valence-electron chi connectivity index (χ1n) is 7.91. The van der Waals surface area contributed by atoms with Crippen LogP contribution in [0.1, 0.15) is 43.9 Å². The highest BCUT2D eigenvalue weighted by molar-refractivity contribution is 6.31. The summed E-state index contributed by atoms with van der Waals surface area (Å²) in [7, 11) is 0. The third-order valence-corrected chi connectivity index (χ3v) is 4.17. The number of anilines is 1. The fourth-order valence-corrected chi connectivity index (χ4v) is 2.54. The van der Waals surface area contributed by atoms with E-state index in [2.05, 4.69) is 50.4 Å². The summed E-state index contributed by atoms with van der Waals surface area (Å²) in [6, 6.07) is 14.0. The van der Waals surface area contributed by atoms with Crippen LogP contribution in [0.25, 0.3) is 0 Å². The number of amides is 1. The van der Waals surface area contributed by atoms with Gasteiger partial charge < -0.3 is 5.32 Å². The monoisotopic (exact) mass is 329 g/mol. The Balaban J connectivity index is 1.93. The van der Waals surface area contributed by atoms with Crippen molar-refractivity contribution in [1.29, 1.82) is 0 Å². The third kappa shape index (κ3) is 5.11. The first-order chi connectivity index (χ1) is 10.8. The summed E-state index contributed by atoms with van der Waals surface area (Å²) < 4.78 is 0. The van der Waals surface area contributed by atoms with E-state index in [1.54, 1.807) is 6.07 Å². The molecule has 0 unspecified atom stereocenters. The Hall–Kier alpha value is -1.80. The molecular weight excluding hydrogens is 306 g/mol. The molecule has 0 heterocycles. The normalized spacial score (nSPS) is 11.3.